The molecule has 1 saturated heterocycles. The Hall–Kier alpha value is -3.26. The van der Waals surface area contributed by atoms with Crippen molar-refractivity contribution in [3.8, 4) is 22.4 Å². The highest BCUT2D eigenvalue weighted by atomic mass is 35.5. The maximum absolute atomic E-state index is 13.2. The van der Waals surface area contributed by atoms with Crippen molar-refractivity contribution in [2.75, 3.05) is 31.1 Å². The summed E-state index contributed by atoms with van der Waals surface area (Å²) < 4.78 is 27.9. The van der Waals surface area contributed by atoms with E-state index in [-0.39, 0.29) is 0 Å². The summed E-state index contributed by atoms with van der Waals surface area (Å²) in [4.78, 5) is 2.37. The molecule has 4 aromatic rings. The summed E-state index contributed by atoms with van der Waals surface area (Å²) in [6, 6.07) is 28.3. The molecule has 0 spiro atoms. The minimum absolute atomic E-state index is 0.313. The molecule has 8 heteroatoms. The normalized spacial score (nSPS) is 14.8. The number of benzene rings is 3. The molecule has 0 unspecified atom stereocenters. The van der Waals surface area contributed by atoms with Crippen LogP contribution in [0.25, 0.3) is 22.4 Å². The van der Waals surface area contributed by atoms with E-state index >= 15 is 0 Å². The molecule has 0 amide bonds. The van der Waals surface area contributed by atoms with E-state index < -0.39 is 10.0 Å². The summed E-state index contributed by atoms with van der Waals surface area (Å²) in [5.74, 6) is 0.738. The monoisotopic (exact) mass is 490 g/mol. The van der Waals surface area contributed by atoms with Crippen LogP contribution in [0.15, 0.2) is 95.9 Å². The van der Waals surface area contributed by atoms with Crippen molar-refractivity contribution in [2.24, 2.45) is 0 Å². The fourth-order valence-electron chi connectivity index (χ4n) is 4.03. The largest absolute Gasteiger partial charge is 0.352 e. The molecule has 1 aliphatic heterocycles. The molecule has 0 aliphatic carbocycles. The quantitative estimate of drug-likeness (QED) is 0.395. The first-order valence-electron chi connectivity index (χ1n) is 11.0. The SMILES string of the molecule is O=S(=O)(c1ccc(-c2ccccc2)cc1)N1CCN(c2ccc(-c3ccc(Cl)cc3)nn2)CC1. The van der Waals surface area contributed by atoms with Crippen LogP contribution in [-0.2, 0) is 10.0 Å². The van der Waals surface area contributed by atoms with Crippen LogP contribution in [0, 0.1) is 0 Å². The average molecular weight is 491 g/mol. The van der Waals surface area contributed by atoms with E-state index in [9.17, 15) is 8.42 Å². The van der Waals surface area contributed by atoms with Crippen LogP contribution in [-0.4, -0.2) is 49.1 Å². The Morgan fingerprint density at radius 1 is 0.647 bits per heavy atom. The third-order valence-corrected chi connectivity index (χ3v) is 8.12. The van der Waals surface area contributed by atoms with Gasteiger partial charge < -0.3 is 4.90 Å². The molecule has 34 heavy (non-hydrogen) atoms. The highest BCUT2D eigenvalue weighted by molar-refractivity contribution is 7.89. The van der Waals surface area contributed by atoms with Crippen LogP contribution in [0.1, 0.15) is 0 Å². The predicted molar refractivity (Wildman–Crippen MR) is 135 cm³/mol. The van der Waals surface area contributed by atoms with Gasteiger partial charge in [-0.1, -0.05) is 66.2 Å². The van der Waals surface area contributed by atoms with Crippen molar-refractivity contribution in [1.82, 2.24) is 14.5 Å². The summed E-state index contributed by atoms with van der Waals surface area (Å²) >= 11 is 5.95. The molecule has 1 aliphatic rings. The fraction of sp³-hybridized carbons (Fsp3) is 0.154. The minimum Gasteiger partial charge on any atom is -0.352 e. The van der Waals surface area contributed by atoms with E-state index in [2.05, 4.69) is 15.1 Å². The second-order valence-corrected chi connectivity index (χ2v) is 10.4. The number of hydrogen-bond acceptors (Lipinski definition) is 5. The first kappa shape index (κ1) is 22.5. The minimum atomic E-state index is -3.55. The van der Waals surface area contributed by atoms with Gasteiger partial charge in [0.05, 0.1) is 10.6 Å². The molecular weight excluding hydrogens is 468 g/mol. The average Bonchev–Trinajstić information content (AvgIpc) is 2.90. The number of rotatable bonds is 5. The van der Waals surface area contributed by atoms with E-state index in [1.165, 1.54) is 4.31 Å². The number of anilines is 1. The van der Waals surface area contributed by atoms with Crippen LogP contribution in [0.5, 0.6) is 0 Å². The van der Waals surface area contributed by atoms with Crippen LogP contribution in [0.4, 0.5) is 5.82 Å². The smallest absolute Gasteiger partial charge is 0.243 e. The number of hydrogen-bond donors (Lipinski definition) is 0. The molecule has 3 aromatic carbocycles. The number of halogens is 1. The van der Waals surface area contributed by atoms with Gasteiger partial charge in [0.15, 0.2) is 5.82 Å². The van der Waals surface area contributed by atoms with Crippen molar-refractivity contribution in [3.05, 3.63) is 96.0 Å². The summed E-state index contributed by atoms with van der Waals surface area (Å²) in [5, 5.41) is 9.37. The maximum atomic E-state index is 13.2. The van der Waals surface area contributed by atoms with Gasteiger partial charge >= 0.3 is 0 Å². The zero-order valence-electron chi connectivity index (χ0n) is 18.4. The lowest BCUT2D eigenvalue weighted by atomic mass is 10.1. The summed E-state index contributed by atoms with van der Waals surface area (Å²) in [5.41, 5.74) is 3.76. The van der Waals surface area contributed by atoms with Crippen molar-refractivity contribution < 1.29 is 8.42 Å². The first-order chi connectivity index (χ1) is 16.5. The number of piperazine rings is 1. The van der Waals surface area contributed by atoms with Gasteiger partial charge in [0.25, 0.3) is 0 Å². The first-order valence-corrected chi connectivity index (χ1v) is 12.8. The lowest BCUT2D eigenvalue weighted by Gasteiger charge is -2.34. The molecule has 0 atom stereocenters. The molecule has 5 rings (SSSR count). The van der Waals surface area contributed by atoms with Crippen molar-refractivity contribution >= 4 is 27.4 Å². The molecule has 2 heterocycles. The molecule has 1 aromatic heterocycles. The lowest BCUT2D eigenvalue weighted by molar-refractivity contribution is 0.383. The van der Waals surface area contributed by atoms with Crippen LogP contribution in [0.3, 0.4) is 0 Å². The van der Waals surface area contributed by atoms with Crippen molar-refractivity contribution in [1.29, 1.82) is 0 Å². The van der Waals surface area contributed by atoms with E-state index in [1.54, 1.807) is 12.1 Å². The van der Waals surface area contributed by atoms with E-state index in [4.69, 9.17) is 11.6 Å². The Morgan fingerprint density at radius 2 is 1.26 bits per heavy atom. The summed E-state index contributed by atoms with van der Waals surface area (Å²) in [6.07, 6.45) is 0. The molecule has 0 bridgehead atoms. The highest BCUT2D eigenvalue weighted by Crippen LogP contribution is 2.25. The molecule has 0 radical (unpaired) electrons. The van der Waals surface area contributed by atoms with E-state index in [0.29, 0.717) is 36.1 Å². The Bertz CT molecular complexity index is 1350. The second kappa shape index (κ2) is 9.54. The number of aromatic nitrogens is 2. The van der Waals surface area contributed by atoms with Gasteiger partial charge in [0.2, 0.25) is 10.0 Å². The van der Waals surface area contributed by atoms with Gasteiger partial charge in [-0.15, -0.1) is 10.2 Å². The van der Waals surface area contributed by atoms with Crippen LogP contribution >= 0.6 is 11.6 Å². The molecular formula is C26H23ClN4O2S. The Morgan fingerprint density at radius 3 is 1.88 bits per heavy atom. The molecule has 0 saturated carbocycles. The Kier molecular flexibility index (Phi) is 6.32. The molecule has 1 fully saturated rings. The Balaban J connectivity index is 1.24. The third kappa shape index (κ3) is 4.68. The predicted octanol–water partition coefficient (Wildman–Crippen LogP) is 4.97. The Labute approximate surface area is 204 Å². The van der Waals surface area contributed by atoms with Crippen molar-refractivity contribution in [3.63, 3.8) is 0 Å². The van der Waals surface area contributed by atoms with Crippen LogP contribution < -0.4 is 4.90 Å². The zero-order chi connectivity index (χ0) is 23.5. The fourth-order valence-corrected chi connectivity index (χ4v) is 5.57. The molecule has 0 N–H and O–H groups in total. The molecule has 6 nitrogen and oxygen atoms in total. The standard InChI is InChI=1S/C26H23ClN4O2S/c27-23-10-6-22(7-11-23)25-14-15-26(29-28-25)30-16-18-31(19-17-30)34(32,33)24-12-8-21(9-13-24)20-4-2-1-3-5-20/h1-15H,16-19H2. The van der Waals surface area contributed by atoms with Gasteiger partial charge in [-0.25, -0.2) is 8.42 Å². The zero-order valence-corrected chi connectivity index (χ0v) is 20.0. The van der Waals surface area contributed by atoms with Gasteiger partial charge in [0.1, 0.15) is 0 Å². The van der Waals surface area contributed by atoms with Crippen molar-refractivity contribution in [2.45, 2.75) is 4.90 Å². The lowest BCUT2D eigenvalue weighted by Crippen LogP contribution is -2.48. The summed E-state index contributed by atoms with van der Waals surface area (Å²) in [7, 11) is -3.55. The summed E-state index contributed by atoms with van der Waals surface area (Å²) in [6.45, 7) is 1.89. The van der Waals surface area contributed by atoms with E-state index in [1.807, 2.05) is 78.9 Å². The number of sulfonamides is 1. The van der Waals surface area contributed by atoms with E-state index in [0.717, 1.165) is 28.2 Å². The van der Waals surface area contributed by atoms with Gasteiger partial charge in [-0.05, 0) is 47.5 Å². The second-order valence-electron chi connectivity index (χ2n) is 8.07. The third-order valence-electron chi connectivity index (χ3n) is 5.95. The maximum Gasteiger partial charge on any atom is 0.243 e. The van der Waals surface area contributed by atoms with Gasteiger partial charge in [-0.2, -0.15) is 4.31 Å². The van der Waals surface area contributed by atoms with Crippen LogP contribution in [0.2, 0.25) is 5.02 Å². The number of nitrogens with zero attached hydrogens (tertiary/aromatic N) is 4. The van der Waals surface area contributed by atoms with Gasteiger partial charge in [0, 0.05) is 36.8 Å². The molecule has 172 valence electrons. The highest BCUT2D eigenvalue weighted by Gasteiger charge is 2.29. The topological polar surface area (TPSA) is 66.4 Å². The van der Waals surface area contributed by atoms with Gasteiger partial charge in [-0.3, -0.25) is 0 Å².